The Labute approximate surface area is 196 Å². The lowest BCUT2D eigenvalue weighted by Crippen LogP contribution is -2.36. The van der Waals surface area contributed by atoms with Crippen molar-refractivity contribution in [3.05, 3.63) is 57.2 Å². The largest absolute Gasteiger partial charge is 0.495 e. The molecule has 0 radical (unpaired) electrons. The minimum Gasteiger partial charge on any atom is -0.495 e. The van der Waals surface area contributed by atoms with Crippen molar-refractivity contribution < 1.29 is 14.3 Å². The smallest absolute Gasteiger partial charge is 0.322 e. The minimum absolute atomic E-state index is 0.0939. The Hall–Kier alpha value is -2.64. The number of methoxy groups -OCH3 is 2. The van der Waals surface area contributed by atoms with Gasteiger partial charge < -0.3 is 24.3 Å². The van der Waals surface area contributed by atoms with Crippen molar-refractivity contribution >= 4 is 34.7 Å². The van der Waals surface area contributed by atoms with Gasteiger partial charge in [0.05, 0.1) is 37.5 Å². The molecule has 0 unspecified atom stereocenters. The summed E-state index contributed by atoms with van der Waals surface area (Å²) in [6.07, 6.45) is 6.78. The van der Waals surface area contributed by atoms with Gasteiger partial charge >= 0.3 is 6.03 Å². The SMILES string of the molecule is COc1cc(OC)c(NC(=O)N2Cc3c(sc4c3CCCC4)-n3cccc3[C@H]2C)cc1Cl. The number of anilines is 1. The van der Waals surface area contributed by atoms with Crippen molar-refractivity contribution in [3.63, 3.8) is 0 Å². The molecule has 3 aromatic rings. The number of thiophene rings is 1. The van der Waals surface area contributed by atoms with Gasteiger partial charge in [-0.15, -0.1) is 11.3 Å². The lowest BCUT2D eigenvalue weighted by molar-refractivity contribution is 0.189. The highest BCUT2D eigenvalue weighted by atomic mass is 35.5. The molecule has 1 aliphatic heterocycles. The maximum absolute atomic E-state index is 13.6. The number of halogens is 1. The van der Waals surface area contributed by atoms with Crippen molar-refractivity contribution in [2.24, 2.45) is 0 Å². The fourth-order valence-corrected chi connectivity index (χ4v) is 6.40. The molecule has 1 atom stereocenters. The summed E-state index contributed by atoms with van der Waals surface area (Å²) in [6.45, 7) is 2.65. The average Bonchev–Trinajstić information content (AvgIpc) is 3.39. The van der Waals surface area contributed by atoms with Crippen LogP contribution < -0.4 is 14.8 Å². The van der Waals surface area contributed by atoms with Gasteiger partial charge in [0.15, 0.2) is 0 Å². The number of fused-ring (bicyclic) bond motifs is 5. The zero-order valence-corrected chi connectivity index (χ0v) is 20.0. The summed E-state index contributed by atoms with van der Waals surface area (Å²) in [5.74, 6) is 0.996. The van der Waals surface area contributed by atoms with Crippen LogP contribution in [0.3, 0.4) is 0 Å². The molecule has 1 aromatic carbocycles. The average molecular weight is 472 g/mol. The molecule has 2 aliphatic rings. The number of hydrogen-bond acceptors (Lipinski definition) is 4. The van der Waals surface area contributed by atoms with E-state index in [0.29, 0.717) is 28.8 Å². The molecule has 2 amide bonds. The highest BCUT2D eigenvalue weighted by Crippen LogP contribution is 2.43. The van der Waals surface area contributed by atoms with Crippen molar-refractivity contribution in [1.82, 2.24) is 9.47 Å². The van der Waals surface area contributed by atoms with E-state index in [9.17, 15) is 4.79 Å². The maximum Gasteiger partial charge on any atom is 0.322 e. The molecule has 3 heterocycles. The Balaban J connectivity index is 1.52. The number of carbonyl (C=O) groups excluding carboxylic acids is 1. The highest BCUT2D eigenvalue weighted by Gasteiger charge is 2.33. The molecule has 0 spiro atoms. The van der Waals surface area contributed by atoms with Crippen LogP contribution in [-0.2, 0) is 19.4 Å². The van der Waals surface area contributed by atoms with Crippen molar-refractivity contribution in [3.8, 4) is 16.5 Å². The van der Waals surface area contributed by atoms with Gasteiger partial charge in [0.25, 0.3) is 0 Å². The standard InChI is InChI=1S/C24H26ClN3O3S/c1-14-19-8-6-10-27(19)23-16(15-7-4-5-9-22(15)32-23)13-28(14)24(29)26-18-11-17(25)20(30-2)12-21(18)31-3/h6,8,10-12,14H,4-5,7,9,13H2,1-3H3,(H,26,29)/t14-/m1/s1. The van der Waals surface area contributed by atoms with Crippen LogP contribution in [0, 0.1) is 0 Å². The summed E-state index contributed by atoms with van der Waals surface area (Å²) in [5.41, 5.74) is 4.34. The van der Waals surface area contributed by atoms with Crippen molar-refractivity contribution in [2.75, 3.05) is 19.5 Å². The number of nitrogens with zero attached hydrogens (tertiary/aromatic N) is 2. The summed E-state index contributed by atoms with van der Waals surface area (Å²) in [5, 5.41) is 4.69. The number of urea groups is 1. The fraction of sp³-hybridized carbons (Fsp3) is 0.375. The Morgan fingerprint density at radius 2 is 1.94 bits per heavy atom. The van der Waals surface area contributed by atoms with E-state index in [1.54, 1.807) is 26.4 Å². The minimum atomic E-state index is -0.187. The number of carbonyl (C=O) groups is 1. The van der Waals surface area contributed by atoms with Gasteiger partial charge in [-0.3, -0.25) is 0 Å². The summed E-state index contributed by atoms with van der Waals surface area (Å²) >= 11 is 8.20. The molecule has 32 heavy (non-hydrogen) atoms. The summed E-state index contributed by atoms with van der Waals surface area (Å²) in [6, 6.07) is 7.23. The van der Waals surface area contributed by atoms with Crippen LogP contribution in [0.25, 0.3) is 5.00 Å². The summed E-state index contributed by atoms with van der Waals surface area (Å²) in [7, 11) is 3.11. The molecule has 168 valence electrons. The summed E-state index contributed by atoms with van der Waals surface area (Å²) < 4.78 is 13.0. The number of rotatable bonds is 3. The number of aromatic nitrogens is 1. The fourth-order valence-electron chi connectivity index (χ4n) is 4.75. The number of aryl methyl sites for hydroxylation is 1. The molecule has 0 bridgehead atoms. The third-order valence-corrected chi connectivity index (χ3v) is 8.09. The van der Waals surface area contributed by atoms with E-state index in [1.165, 1.54) is 33.8 Å². The molecular formula is C24H26ClN3O3S. The Bertz CT molecular complexity index is 1190. The van der Waals surface area contributed by atoms with E-state index < -0.39 is 0 Å². The predicted octanol–water partition coefficient (Wildman–Crippen LogP) is 6.20. The monoisotopic (exact) mass is 471 g/mol. The topological polar surface area (TPSA) is 55.7 Å². The van der Waals surface area contributed by atoms with E-state index in [0.717, 1.165) is 18.5 Å². The molecular weight excluding hydrogens is 446 g/mol. The Morgan fingerprint density at radius 3 is 2.72 bits per heavy atom. The predicted molar refractivity (Wildman–Crippen MR) is 128 cm³/mol. The Morgan fingerprint density at radius 1 is 1.16 bits per heavy atom. The molecule has 1 aliphatic carbocycles. The molecule has 8 heteroatoms. The third-order valence-electron chi connectivity index (χ3n) is 6.46. The maximum atomic E-state index is 13.6. The molecule has 0 fully saturated rings. The normalized spacial score (nSPS) is 17.1. The van der Waals surface area contributed by atoms with Gasteiger partial charge in [0, 0.05) is 28.4 Å². The van der Waals surface area contributed by atoms with Gasteiger partial charge in [-0.25, -0.2) is 4.79 Å². The number of amides is 2. The van der Waals surface area contributed by atoms with Crippen LogP contribution in [0.2, 0.25) is 5.02 Å². The van der Waals surface area contributed by atoms with Crippen LogP contribution in [0.1, 0.15) is 47.5 Å². The van der Waals surface area contributed by atoms with E-state index >= 15 is 0 Å². The molecule has 0 saturated carbocycles. The third kappa shape index (κ3) is 3.44. The second-order valence-electron chi connectivity index (χ2n) is 8.22. The first kappa shape index (κ1) is 21.2. The first-order valence-corrected chi connectivity index (χ1v) is 12.0. The first-order chi connectivity index (χ1) is 15.5. The number of ether oxygens (including phenoxy) is 2. The first-order valence-electron chi connectivity index (χ1n) is 10.8. The zero-order valence-electron chi connectivity index (χ0n) is 18.4. The van der Waals surface area contributed by atoms with Crippen LogP contribution in [-0.4, -0.2) is 29.7 Å². The van der Waals surface area contributed by atoms with E-state index in [-0.39, 0.29) is 12.1 Å². The number of nitrogens with one attached hydrogen (secondary N) is 1. The molecule has 5 rings (SSSR count). The molecule has 0 saturated heterocycles. The van der Waals surface area contributed by atoms with Crippen molar-refractivity contribution in [1.29, 1.82) is 0 Å². The van der Waals surface area contributed by atoms with Crippen LogP contribution in [0.5, 0.6) is 11.5 Å². The van der Waals surface area contributed by atoms with Crippen LogP contribution >= 0.6 is 22.9 Å². The van der Waals surface area contributed by atoms with Gasteiger partial charge in [0.2, 0.25) is 0 Å². The lowest BCUT2D eigenvalue weighted by Gasteiger charge is -2.28. The number of hydrogen-bond donors (Lipinski definition) is 1. The van der Waals surface area contributed by atoms with E-state index in [1.807, 2.05) is 16.2 Å². The van der Waals surface area contributed by atoms with Gasteiger partial charge in [-0.1, -0.05) is 11.6 Å². The van der Waals surface area contributed by atoms with Gasteiger partial charge in [0.1, 0.15) is 16.5 Å². The van der Waals surface area contributed by atoms with Crippen LogP contribution in [0.4, 0.5) is 10.5 Å². The van der Waals surface area contributed by atoms with E-state index in [2.05, 4.69) is 35.1 Å². The Kier molecular flexibility index (Phi) is 5.55. The second kappa shape index (κ2) is 8.37. The van der Waals surface area contributed by atoms with E-state index in [4.69, 9.17) is 21.1 Å². The highest BCUT2D eigenvalue weighted by molar-refractivity contribution is 7.15. The van der Waals surface area contributed by atoms with Crippen molar-refractivity contribution in [2.45, 2.75) is 45.2 Å². The van der Waals surface area contributed by atoms with Gasteiger partial charge in [-0.2, -0.15) is 0 Å². The molecule has 1 N–H and O–H groups in total. The van der Waals surface area contributed by atoms with Crippen LogP contribution in [0.15, 0.2) is 30.5 Å². The number of benzene rings is 1. The lowest BCUT2D eigenvalue weighted by atomic mass is 9.95. The second-order valence-corrected chi connectivity index (χ2v) is 9.71. The summed E-state index contributed by atoms with van der Waals surface area (Å²) in [4.78, 5) is 16.9. The molecule has 2 aromatic heterocycles. The quantitative estimate of drug-likeness (QED) is 0.495. The molecule has 6 nitrogen and oxygen atoms in total. The van der Waals surface area contributed by atoms with Gasteiger partial charge in [-0.05, 0) is 56.4 Å². The zero-order chi connectivity index (χ0) is 22.4.